The van der Waals surface area contributed by atoms with Crippen LogP contribution in [0.25, 0.3) is 0 Å². The molecule has 0 aromatic carbocycles. The highest BCUT2D eigenvalue weighted by Crippen LogP contribution is 2.11. The smallest absolute Gasteiger partial charge is 0.407 e. The highest BCUT2D eigenvalue weighted by atomic mass is 16.6. The fraction of sp³-hybridized carbons (Fsp3) is 0.867. The van der Waals surface area contributed by atoms with Gasteiger partial charge in [0, 0.05) is 0 Å². The zero-order valence-electron chi connectivity index (χ0n) is 13.5. The highest BCUT2D eigenvalue weighted by Gasteiger charge is 2.26. The van der Waals surface area contributed by atoms with Gasteiger partial charge in [0.1, 0.15) is 11.6 Å². The second-order valence-corrected chi connectivity index (χ2v) is 5.86. The van der Waals surface area contributed by atoms with Crippen LogP contribution in [0.1, 0.15) is 66.7 Å². The Labute approximate surface area is 122 Å². The average molecular weight is 287 g/mol. The number of ether oxygens (including phenoxy) is 2. The van der Waals surface area contributed by atoms with E-state index in [1.165, 1.54) is 0 Å². The van der Waals surface area contributed by atoms with Crippen molar-refractivity contribution in [2.75, 3.05) is 6.61 Å². The molecule has 0 saturated carbocycles. The van der Waals surface area contributed by atoms with E-state index >= 15 is 0 Å². The van der Waals surface area contributed by atoms with Crippen molar-refractivity contribution < 1.29 is 19.1 Å². The first kappa shape index (κ1) is 18.7. The predicted molar refractivity (Wildman–Crippen MR) is 78.5 cm³/mol. The third kappa shape index (κ3) is 9.64. The van der Waals surface area contributed by atoms with Crippen LogP contribution in [-0.4, -0.2) is 30.3 Å². The van der Waals surface area contributed by atoms with Crippen LogP contribution in [0.4, 0.5) is 4.79 Å². The van der Waals surface area contributed by atoms with Crippen LogP contribution in [0.2, 0.25) is 0 Å². The van der Waals surface area contributed by atoms with Crippen molar-refractivity contribution in [3.63, 3.8) is 0 Å². The van der Waals surface area contributed by atoms with Crippen molar-refractivity contribution in [1.29, 1.82) is 0 Å². The van der Waals surface area contributed by atoms with E-state index in [2.05, 4.69) is 5.32 Å². The molecule has 20 heavy (non-hydrogen) atoms. The molecule has 0 spiro atoms. The summed E-state index contributed by atoms with van der Waals surface area (Å²) in [6, 6.07) is -0.636. The summed E-state index contributed by atoms with van der Waals surface area (Å²) in [6.45, 7) is 9.85. The van der Waals surface area contributed by atoms with Crippen LogP contribution in [-0.2, 0) is 14.3 Å². The Hall–Kier alpha value is -1.26. The fourth-order valence-electron chi connectivity index (χ4n) is 1.52. The minimum atomic E-state index is -0.636. The normalized spacial score (nSPS) is 12.7. The maximum absolute atomic E-state index is 12.0. The number of hydrogen-bond acceptors (Lipinski definition) is 4. The van der Waals surface area contributed by atoms with E-state index in [1.54, 1.807) is 20.8 Å². The zero-order valence-corrected chi connectivity index (χ0v) is 13.5. The molecule has 5 nitrogen and oxygen atoms in total. The van der Waals surface area contributed by atoms with Gasteiger partial charge in [0.2, 0.25) is 0 Å². The van der Waals surface area contributed by atoms with E-state index in [9.17, 15) is 9.59 Å². The number of rotatable bonds is 8. The second kappa shape index (κ2) is 9.61. The van der Waals surface area contributed by atoms with E-state index in [0.717, 1.165) is 25.7 Å². The van der Waals surface area contributed by atoms with E-state index in [-0.39, 0.29) is 0 Å². The molecule has 0 aliphatic rings. The molecule has 5 heteroatoms. The zero-order chi connectivity index (χ0) is 15.6. The number of esters is 1. The summed E-state index contributed by atoms with van der Waals surface area (Å²) in [5.41, 5.74) is -0.560. The molecule has 0 bridgehead atoms. The van der Waals surface area contributed by atoms with E-state index in [1.807, 2.05) is 13.8 Å². The second-order valence-electron chi connectivity index (χ2n) is 5.86. The lowest BCUT2D eigenvalue weighted by Gasteiger charge is -2.24. The van der Waals surface area contributed by atoms with Crippen LogP contribution < -0.4 is 5.32 Å². The van der Waals surface area contributed by atoms with Crippen molar-refractivity contribution in [2.45, 2.75) is 78.4 Å². The molecule has 1 amide bonds. The van der Waals surface area contributed by atoms with E-state index < -0.39 is 23.7 Å². The minimum Gasteiger partial charge on any atom is -0.458 e. The number of carbonyl (C=O) groups excluding carboxylic acids is 2. The Balaban J connectivity index is 4.39. The van der Waals surface area contributed by atoms with Gasteiger partial charge >= 0.3 is 12.1 Å². The van der Waals surface area contributed by atoms with E-state index in [0.29, 0.717) is 13.0 Å². The van der Waals surface area contributed by atoms with Gasteiger partial charge in [-0.2, -0.15) is 0 Å². The quantitative estimate of drug-likeness (QED) is 0.549. The van der Waals surface area contributed by atoms with Crippen LogP contribution in [0.5, 0.6) is 0 Å². The average Bonchev–Trinajstić information content (AvgIpc) is 2.32. The molecule has 0 aliphatic heterocycles. The summed E-state index contributed by atoms with van der Waals surface area (Å²) in [4.78, 5) is 23.7. The third-order valence-electron chi connectivity index (χ3n) is 2.56. The first-order valence-electron chi connectivity index (χ1n) is 7.46. The van der Waals surface area contributed by atoms with Crippen molar-refractivity contribution >= 4 is 12.1 Å². The summed E-state index contributed by atoms with van der Waals surface area (Å²) < 4.78 is 10.3. The summed E-state index contributed by atoms with van der Waals surface area (Å²) in [5, 5.41) is 2.60. The summed E-state index contributed by atoms with van der Waals surface area (Å²) in [5.74, 6) is -0.404. The highest BCUT2D eigenvalue weighted by molar-refractivity contribution is 5.81. The van der Waals surface area contributed by atoms with Crippen molar-refractivity contribution in [1.82, 2.24) is 5.32 Å². The van der Waals surface area contributed by atoms with Crippen LogP contribution in [0.15, 0.2) is 0 Å². The standard InChI is InChI=1S/C15H29NO4/c1-6-8-10-12(13(17)20-15(3,4)5)16-14(18)19-11-9-7-2/h12H,6-11H2,1-5H3,(H,16,18). The predicted octanol–water partition coefficient (Wildman–Crippen LogP) is 3.41. The molecule has 0 rings (SSSR count). The molecule has 0 aromatic rings. The molecule has 1 unspecified atom stereocenters. The first-order valence-corrected chi connectivity index (χ1v) is 7.46. The summed E-state index contributed by atoms with van der Waals surface area (Å²) >= 11 is 0. The van der Waals surface area contributed by atoms with Gasteiger partial charge in [0.05, 0.1) is 6.61 Å². The third-order valence-corrected chi connectivity index (χ3v) is 2.56. The number of amides is 1. The minimum absolute atomic E-state index is 0.372. The first-order chi connectivity index (χ1) is 9.30. The molecule has 0 aliphatic carbocycles. The molecule has 0 fully saturated rings. The van der Waals surface area contributed by atoms with Crippen LogP contribution in [0, 0.1) is 0 Å². The van der Waals surface area contributed by atoms with Gasteiger partial charge in [-0.1, -0.05) is 33.1 Å². The van der Waals surface area contributed by atoms with Gasteiger partial charge in [-0.15, -0.1) is 0 Å². The maximum atomic E-state index is 12.0. The van der Waals surface area contributed by atoms with Gasteiger partial charge in [-0.3, -0.25) is 0 Å². The molecule has 118 valence electrons. The van der Waals surface area contributed by atoms with Crippen molar-refractivity contribution in [3.05, 3.63) is 0 Å². The fourth-order valence-corrected chi connectivity index (χ4v) is 1.52. The van der Waals surface area contributed by atoms with Gasteiger partial charge in [-0.05, 0) is 33.6 Å². The number of alkyl carbamates (subject to hydrolysis) is 1. The number of carbonyl (C=O) groups is 2. The molecule has 1 atom stereocenters. The molecular weight excluding hydrogens is 258 g/mol. The SMILES string of the molecule is CCCCOC(=O)NC(CCCC)C(=O)OC(C)(C)C. The lowest BCUT2D eigenvalue weighted by atomic mass is 10.1. The largest absolute Gasteiger partial charge is 0.458 e. The number of nitrogens with one attached hydrogen (secondary N) is 1. The number of hydrogen-bond donors (Lipinski definition) is 1. The summed E-state index contributed by atoms with van der Waals surface area (Å²) in [7, 11) is 0. The van der Waals surface area contributed by atoms with Gasteiger partial charge in [0.15, 0.2) is 0 Å². The number of unbranched alkanes of at least 4 members (excludes halogenated alkanes) is 2. The maximum Gasteiger partial charge on any atom is 0.407 e. The molecular formula is C15H29NO4. The lowest BCUT2D eigenvalue weighted by molar-refractivity contribution is -0.157. The molecule has 0 aromatic heterocycles. The van der Waals surface area contributed by atoms with Crippen LogP contribution in [0.3, 0.4) is 0 Å². The Kier molecular flexibility index (Phi) is 9.01. The Bertz CT molecular complexity index is 297. The summed E-state index contributed by atoms with van der Waals surface area (Å²) in [6.07, 6.45) is 3.59. The van der Waals surface area contributed by atoms with Gasteiger partial charge in [0.25, 0.3) is 0 Å². The molecule has 0 radical (unpaired) electrons. The Morgan fingerprint density at radius 2 is 1.70 bits per heavy atom. The topological polar surface area (TPSA) is 64.6 Å². The van der Waals surface area contributed by atoms with E-state index in [4.69, 9.17) is 9.47 Å². The lowest BCUT2D eigenvalue weighted by Crippen LogP contribution is -2.44. The molecule has 0 saturated heterocycles. The Morgan fingerprint density at radius 3 is 2.20 bits per heavy atom. The molecule has 0 heterocycles. The van der Waals surface area contributed by atoms with Gasteiger partial charge < -0.3 is 14.8 Å². The van der Waals surface area contributed by atoms with Gasteiger partial charge in [-0.25, -0.2) is 9.59 Å². The monoisotopic (exact) mass is 287 g/mol. The van der Waals surface area contributed by atoms with Crippen LogP contribution >= 0.6 is 0 Å². The Morgan fingerprint density at radius 1 is 1.10 bits per heavy atom. The molecule has 1 N–H and O–H groups in total. The van der Waals surface area contributed by atoms with Crippen molar-refractivity contribution in [2.24, 2.45) is 0 Å². The van der Waals surface area contributed by atoms with Crippen molar-refractivity contribution in [3.8, 4) is 0 Å².